The van der Waals surface area contributed by atoms with E-state index in [0.717, 1.165) is 25.7 Å². The maximum atomic E-state index is 11.8. The lowest BCUT2D eigenvalue weighted by Gasteiger charge is -2.31. The molecule has 4 heteroatoms. The molecule has 1 aliphatic carbocycles. The van der Waals surface area contributed by atoms with E-state index in [1.54, 1.807) is 0 Å². The zero-order chi connectivity index (χ0) is 11.5. The number of aliphatic hydroxyl groups is 1. The molecule has 15 heavy (non-hydrogen) atoms. The quantitative estimate of drug-likeness (QED) is 0.729. The predicted molar refractivity (Wildman–Crippen MR) is 60.9 cm³/mol. The molecule has 1 saturated carbocycles. The molecule has 0 radical (unpaired) electrons. The predicted octanol–water partition coefficient (Wildman–Crippen LogP) is 1.67. The van der Waals surface area contributed by atoms with Crippen LogP contribution in [-0.4, -0.2) is 29.0 Å². The summed E-state index contributed by atoms with van der Waals surface area (Å²) < 4.78 is 0. The number of hydrogen-bond acceptors (Lipinski definition) is 2. The first-order valence-electron chi connectivity index (χ1n) is 5.52. The number of alkyl halides is 1. The van der Waals surface area contributed by atoms with Crippen molar-refractivity contribution < 1.29 is 9.90 Å². The van der Waals surface area contributed by atoms with E-state index in [4.69, 9.17) is 11.6 Å². The van der Waals surface area contributed by atoms with Crippen LogP contribution in [-0.2, 0) is 4.79 Å². The van der Waals surface area contributed by atoms with Crippen molar-refractivity contribution >= 4 is 17.5 Å². The molecular formula is C11H20ClNO2. The van der Waals surface area contributed by atoms with Crippen molar-refractivity contribution in [2.75, 3.05) is 5.88 Å². The van der Waals surface area contributed by atoms with Gasteiger partial charge in [-0.1, -0.05) is 12.8 Å². The third-order valence-electron chi connectivity index (χ3n) is 2.99. The van der Waals surface area contributed by atoms with Gasteiger partial charge in [0.05, 0.1) is 17.6 Å². The number of halogens is 1. The van der Waals surface area contributed by atoms with Crippen LogP contribution in [0.3, 0.4) is 0 Å². The molecule has 0 bridgehead atoms. The highest BCUT2D eigenvalue weighted by molar-refractivity contribution is 6.19. The Morgan fingerprint density at radius 3 is 2.60 bits per heavy atom. The van der Waals surface area contributed by atoms with Gasteiger partial charge in [-0.3, -0.25) is 4.79 Å². The van der Waals surface area contributed by atoms with Gasteiger partial charge in [0, 0.05) is 5.88 Å². The largest absolute Gasteiger partial charge is 0.391 e. The fourth-order valence-corrected chi connectivity index (χ4v) is 1.83. The Balaban J connectivity index is 2.50. The van der Waals surface area contributed by atoms with Crippen LogP contribution < -0.4 is 5.32 Å². The zero-order valence-electron chi connectivity index (χ0n) is 9.42. The first kappa shape index (κ1) is 12.8. The average Bonchev–Trinajstić information content (AvgIpc) is 2.21. The van der Waals surface area contributed by atoms with Crippen molar-refractivity contribution in [3.63, 3.8) is 0 Å². The molecule has 1 aliphatic rings. The normalized spacial score (nSPS) is 27.5. The van der Waals surface area contributed by atoms with Gasteiger partial charge in [-0.25, -0.2) is 0 Å². The topological polar surface area (TPSA) is 49.3 Å². The summed E-state index contributed by atoms with van der Waals surface area (Å²) in [5.74, 6) is 0.227. The van der Waals surface area contributed by atoms with Gasteiger partial charge in [0.2, 0.25) is 5.91 Å². The van der Waals surface area contributed by atoms with Crippen LogP contribution in [0.5, 0.6) is 0 Å². The van der Waals surface area contributed by atoms with Crippen LogP contribution >= 0.6 is 11.6 Å². The van der Waals surface area contributed by atoms with E-state index in [1.807, 2.05) is 13.8 Å². The van der Waals surface area contributed by atoms with Crippen LogP contribution in [0.1, 0.15) is 39.5 Å². The molecule has 0 spiro atoms. The smallest absolute Gasteiger partial charge is 0.227 e. The Hall–Kier alpha value is -0.280. The van der Waals surface area contributed by atoms with Crippen molar-refractivity contribution in [3.05, 3.63) is 0 Å². The molecule has 0 aromatic rings. The maximum absolute atomic E-state index is 11.8. The van der Waals surface area contributed by atoms with Gasteiger partial charge in [-0.05, 0) is 26.7 Å². The minimum atomic E-state index is -0.557. The van der Waals surface area contributed by atoms with E-state index >= 15 is 0 Å². The lowest BCUT2D eigenvalue weighted by atomic mass is 9.90. The molecule has 1 rings (SSSR count). The Labute approximate surface area is 96.2 Å². The second kappa shape index (κ2) is 5.17. The van der Waals surface area contributed by atoms with Gasteiger partial charge in [0.25, 0.3) is 0 Å². The Kier molecular flexibility index (Phi) is 4.41. The van der Waals surface area contributed by atoms with E-state index in [2.05, 4.69) is 5.32 Å². The number of hydrogen-bond donors (Lipinski definition) is 2. The highest BCUT2D eigenvalue weighted by Crippen LogP contribution is 2.22. The Morgan fingerprint density at radius 1 is 1.47 bits per heavy atom. The summed E-state index contributed by atoms with van der Waals surface area (Å²) in [6.45, 7) is 3.62. The molecule has 0 aromatic carbocycles. The van der Waals surface area contributed by atoms with Crippen molar-refractivity contribution in [1.29, 1.82) is 0 Å². The van der Waals surface area contributed by atoms with Gasteiger partial charge in [0.15, 0.2) is 0 Å². The fourth-order valence-electron chi connectivity index (χ4n) is 1.70. The molecule has 2 atom stereocenters. The number of carbonyl (C=O) groups excluding carboxylic acids is 1. The first-order valence-corrected chi connectivity index (χ1v) is 6.06. The summed E-state index contributed by atoms with van der Waals surface area (Å²) in [4.78, 5) is 11.8. The first-order chi connectivity index (χ1) is 6.97. The molecule has 0 aromatic heterocycles. The van der Waals surface area contributed by atoms with Crippen LogP contribution in [0.15, 0.2) is 0 Å². The van der Waals surface area contributed by atoms with Gasteiger partial charge < -0.3 is 10.4 Å². The number of nitrogens with one attached hydrogen (secondary N) is 1. The Bertz CT molecular complexity index is 231. The molecule has 0 saturated heterocycles. The van der Waals surface area contributed by atoms with E-state index in [-0.39, 0.29) is 11.9 Å². The second-order valence-electron chi connectivity index (χ2n) is 4.95. The maximum Gasteiger partial charge on any atom is 0.227 e. The zero-order valence-corrected chi connectivity index (χ0v) is 10.2. The lowest BCUT2D eigenvalue weighted by Crippen LogP contribution is -2.49. The average molecular weight is 234 g/mol. The molecule has 1 fully saturated rings. The van der Waals surface area contributed by atoms with Crippen LogP contribution in [0.2, 0.25) is 0 Å². The van der Waals surface area contributed by atoms with E-state index in [1.165, 1.54) is 0 Å². The number of aliphatic hydroxyl groups excluding tert-OH is 1. The van der Waals surface area contributed by atoms with Gasteiger partial charge in [0.1, 0.15) is 0 Å². The number of amides is 1. The van der Waals surface area contributed by atoms with Crippen molar-refractivity contribution in [1.82, 2.24) is 5.32 Å². The highest BCUT2D eigenvalue weighted by Gasteiger charge is 2.31. The summed E-state index contributed by atoms with van der Waals surface area (Å²) in [6.07, 6.45) is 3.38. The SMILES string of the molecule is CC(C)(CCl)C(=O)NC1CCCCC1O. The summed E-state index contributed by atoms with van der Waals surface area (Å²) in [5, 5.41) is 12.6. The van der Waals surface area contributed by atoms with Crippen LogP contribution in [0.4, 0.5) is 0 Å². The monoisotopic (exact) mass is 233 g/mol. The fraction of sp³-hybridized carbons (Fsp3) is 0.909. The minimum Gasteiger partial charge on any atom is -0.391 e. The summed E-state index contributed by atoms with van der Waals surface area (Å²) in [6, 6.07) is -0.0891. The van der Waals surface area contributed by atoms with Gasteiger partial charge in [-0.15, -0.1) is 11.6 Å². The highest BCUT2D eigenvalue weighted by atomic mass is 35.5. The second-order valence-corrected chi connectivity index (χ2v) is 5.22. The molecule has 2 N–H and O–H groups in total. The minimum absolute atomic E-state index is 0.0662. The molecule has 1 amide bonds. The molecule has 2 unspecified atom stereocenters. The third-order valence-corrected chi connectivity index (χ3v) is 3.66. The molecule has 0 heterocycles. The number of rotatable bonds is 3. The Morgan fingerprint density at radius 2 is 2.07 bits per heavy atom. The molecule has 88 valence electrons. The van der Waals surface area contributed by atoms with Crippen molar-refractivity contribution in [2.24, 2.45) is 5.41 Å². The summed E-state index contributed by atoms with van der Waals surface area (Å²) in [7, 11) is 0. The molecular weight excluding hydrogens is 214 g/mol. The van der Waals surface area contributed by atoms with E-state index in [0.29, 0.717) is 5.88 Å². The van der Waals surface area contributed by atoms with Crippen molar-refractivity contribution in [2.45, 2.75) is 51.7 Å². The van der Waals surface area contributed by atoms with Gasteiger partial charge in [-0.2, -0.15) is 0 Å². The molecule has 0 aliphatic heterocycles. The van der Waals surface area contributed by atoms with Gasteiger partial charge >= 0.3 is 0 Å². The van der Waals surface area contributed by atoms with Crippen LogP contribution in [0.25, 0.3) is 0 Å². The summed E-state index contributed by atoms with van der Waals surface area (Å²) >= 11 is 5.72. The third kappa shape index (κ3) is 3.35. The lowest BCUT2D eigenvalue weighted by molar-refractivity contribution is -0.130. The number of carbonyl (C=O) groups is 1. The van der Waals surface area contributed by atoms with Crippen molar-refractivity contribution in [3.8, 4) is 0 Å². The van der Waals surface area contributed by atoms with E-state index < -0.39 is 11.5 Å². The molecule has 3 nitrogen and oxygen atoms in total. The standard InChI is InChI=1S/C11H20ClNO2/c1-11(2,7-12)10(15)13-8-5-3-4-6-9(8)14/h8-9,14H,3-7H2,1-2H3,(H,13,15). The summed E-state index contributed by atoms with van der Waals surface area (Å²) in [5.41, 5.74) is -0.557. The van der Waals surface area contributed by atoms with Crippen LogP contribution in [0, 0.1) is 5.41 Å². The van der Waals surface area contributed by atoms with E-state index in [9.17, 15) is 9.90 Å².